The Balaban J connectivity index is 1.64. The van der Waals surface area contributed by atoms with Crippen molar-refractivity contribution in [1.29, 1.82) is 0 Å². The molecule has 2 aliphatic heterocycles. The van der Waals surface area contributed by atoms with E-state index in [0.717, 1.165) is 16.4 Å². The van der Waals surface area contributed by atoms with Crippen LogP contribution in [0.4, 0.5) is 10.1 Å². The molecule has 0 N–H and O–H groups in total. The second kappa shape index (κ2) is 7.28. The predicted octanol–water partition coefficient (Wildman–Crippen LogP) is 4.41. The van der Waals surface area contributed by atoms with Gasteiger partial charge in [-0.3, -0.25) is 4.99 Å². The second-order valence-electron chi connectivity index (χ2n) is 6.54. The number of amidine groups is 1. The van der Waals surface area contributed by atoms with E-state index in [9.17, 15) is 12.8 Å². The molecular weight excluding hydrogens is 430 g/mol. The molecule has 1 fully saturated rings. The third-order valence-electron chi connectivity index (χ3n) is 4.51. The summed E-state index contributed by atoms with van der Waals surface area (Å²) in [4.78, 5) is 6.58. The molecule has 4 nitrogen and oxygen atoms in total. The van der Waals surface area contributed by atoms with Crippen LogP contribution in [0.1, 0.15) is 5.56 Å². The van der Waals surface area contributed by atoms with E-state index in [-0.39, 0.29) is 29.4 Å². The van der Waals surface area contributed by atoms with Crippen LogP contribution in [0.15, 0.2) is 47.5 Å². The number of hydrogen-bond acceptors (Lipinski definition) is 5. The molecule has 0 aliphatic carbocycles. The van der Waals surface area contributed by atoms with Gasteiger partial charge in [-0.05, 0) is 35.9 Å². The van der Waals surface area contributed by atoms with Crippen LogP contribution < -0.4 is 4.90 Å². The number of hydrogen-bond donors (Lipinski definition) is 0. The molecule has 2 aromatic carbocycles. The zero-order valence-corrected chi connectivity index (χ0v) is 17.1. The van der Waals surface area contributed by atoms with Crippen molar-refractivity contribution in [3.63, 3.8) is 0 Å². The number of benzene rings is 2. The minimum atomic E-state index is -3.13. The van der Waals surface area contributed by atoms with Crippen molar-refractivity contribution in [3.05, 3.63) is 63.9 Å². The average molecular weight is 445 g/mol. The third kappa shape index (κ3) is 4.11. The molecule has 2 heterocycles. The topological polar surface area (TPSA) is 49.7 Å². The van der Waals surface area contributed by atoms with Crippen LogP contribution in [0.2, 0.25) is 10.0 Å². The Kier molecular flexibility index (Phi) is 5.14. The largest absolute Gasteiger partial charge is 0.315 e. The summed E-state index contributed by atoms with van der Waals surface area (Å²) in [6.07, 6.45) is 0. The van der Waals surface area contributed by atoms with E-state index in [1.54, 1.807) is 30.3 Å². The molecule has 142 valence electrons. The number of rotatable bonds is 3. The third-order valence-corrected chi connectivity index (χ3v) is 7.69. The van der Waals surface area contributed by atoms with E-state index in [0.29, 0.717) is 15.8 Å². The van der Waals surface area contributed by atoms with Crippen molar-refractivity contribution >= 4 is 55.7 Å². The number of aliphatic imine (C=N–C) groups is 1. The molecule has 0 amide bonds. The fraction of sp³-hybridized carbons (Fsp3) is 0.278. The SMILES string of the molecule is O=S1(=O)C[C@@H]2[C@@H](C1)N=C(SCc1ccc(F)cc1)N2c1cc(Cl)cc(Cl)c1. The Hall–Kier alpha value is -1.28. The van der Waals surface area contributed by atoms with Gasteiger partial charge in [-0.2, -0.15) is 0 Å². The molecule has 27 heavy (non-hydrogen) atoms. The molecule has 0 radical (unpaired) electrons. The minimum absolute atomic E-state index is 0.0447. The number of nitrogens with zero attached hydrogens (tertiary/aromatic N) is 2. The monoisotopic (exact) mass is 444 g/mol. The molecule has 2 aliphatic rings. The van der Waals surface area contributed by atoms with E-state index < -0.39 is 9.84 Å². The molecular formula is C18H15Cl2FN2O2S2. The summed E-state index contributed by atoms with van der Waals surface area (Å²) in [6.45, 7) is 0. The lowest BCUT2D eigenvalue weighted by Crippen LogP contribution is -2.39. The Bertz CT molecular complexity index is 992. The molecule has 2 aromatic rings. The average Bonchev–Trinajstić information content (AvgIpc) is 3.04. The second-order valence-corrected chi connectivity index (χ2v) is 10.5. The fourth-order valence-corrected chi connectivity index (χ4v) is 6.78. The maximum atomic E-state index is 13.1. The van der Waals surface area contributed by atoms with Crippen LogP contribution in [0.25, 0.3) is 0 Å². The van der Waals surface area contributed by atoms with Crippen LogP contribution in [-0.4, -0.2) is 37.2 Å². The minimum Gasteiger partial charge on any atom is -0.315 e. The van der Waals surface area contributed by atoms with Crippen molar-refractivity contribution in [2.75, 3.05) is 16.4 Å². The van der Waals surface area contributed by atoms with Crippen molar-refractivity contribution in [1.82, 2.24) is 0 Å². The molecule has 0 spiro atoms. The highest BCUT2D eigenvalue weighted by molar-refractivity contribution is 8.13. The Morgan fingerprint density at radius 2 is 1.78 bits per heavy atom. The predicted molar refractivity (Wildman–Crippen MR) is 110 cm³/mol. The van der Waals surface area contributed by atoms with Gasteiger partial charge in [0.25, 0.3) is 0 Å². The molecule has 1 saturated heterocycles. The van der Waals surface area contributed by atoms with Crippen LogP contribution in [0.3, 0.4) is 0 Å². The zero-order chi connectivity index (χ0) is 19.2. The van der Waals surface area contributed by atoms with Gasteiger partial charge in [0.15, 0.2) is 15.0 Å². The van der Waals surface area contributed by atoms with E-state index >= 15 is 0 Å². The summed E-state index contributed by atoms with van der Waals surface area (Å²) in [5, 5.41) is 1.68. The fourth-order valence-electron chi connectivity index (χ4n) is 3.34. The number of thioether (sulfide) groups is 1. The first-order chi connectivity index (χ1) is 12.8. The molecule has 2 atom stereocenters. The quantitative estimate of drug-likeness (QED) is 0.703. The van der Waals surface area contributed by atoms with Gasteiger partial charge in [-0.15, -0.1) is 0 Å². The maximum absolute atomic E-state index is 13.1. The number of sulfone groups is 1. The summed E-state index contributed by atoms with van der Waals surface area (Å²) in [5.41, 5.74) is 1.68. The first-order valence-corrected chi connectivity index (χ1v) is 11.8. The van der Waals surface area contributed by atoms with Crippen molar-refractivity contribution in [3.8, 4) is 0 Å². The van der Waals surface area contributed by atoms with Gasteiger partial charge >= 0.3 is 0 Å². The van der Waals surface area contributed by atoms with Crippen LogP contribution in [0, 0.1) is 5.82 Å². The molecule has 0 unspecified atom stereocenters. The van der Waals surface area contributed by atoms with Crippen molar-refractivity contribution in [2.24, 2.45) is 4.99 Å². The summed E-state index contributed by atoms with van der Waals surface area (Å²) in [5.74, 6) is 0.405. The van der Waals surface area contributed by atoms with Gasteiger partial charge in [0.2, 0.25) is 0 Å². The molecule has 4 rings (SSSR count). The van der Waals surface area contributed by atoms with Crippen LogP contribution in [0.5, 0.6) is 0 Å². The molecule has 0 bridgehead atoms. The highest BCUT2D eigenvalue weighted by Crippen LogP contribution is 2.37. The number of anilines is 1. The van der Waals surface area contributed by atoms with Gasteiger partial charge in [0, 0.05) is 21.5 Å². The van der Waals surface area contributed by atoms with Gasteiger partial charge in [0.05, 0.1) is 23.6 Å². The molecule has 0 saturated carbocycles. The molecule has 0 aromatic heterocycles. The standard InChI is InChI=1S/C18H15Cl2FN2O2S2/c19-12-5-13(20)7-15(6-12)23-17-10-27(24,25)9-16(17)22-18(23)26-8-11-1-3-14(21)4-2-11/h1-7,16-17H,8-10H2/t16-,17-/m1/s1. The normalized spacial score (nSPS) is 23.4. The molecule has 9 heteroatoms. The Morgan fingerprint density at radius 1 is 1.11 bits per heavy atom. The smallest absolute Gasteiger partial charge is 0.164 e. The maximum Gasteiger partial charge on any atom is 0.164 e. The summed E-state index contributed by atoms with van der Waals surface area (Å²) >= 11 is 13.8. The highest BCUT2D eigenvalue weighted by Gasteiger charge is 2.47. The lowest BCUT2D eigenvalue weighted by atomic mass is 10.1. The highest BCUT2D eigenvalue weighted by atomic mass is 35.5. The Labute approximate surface area is 171 Å². The first kappa shape index (κ1) is 19.1. The lowest BCUT2D eigenvalue weighted by Gasteiger charge is -2.27. The summed E-state index contributed by atoms with van der Waals surface area (Å²) in [7, 11) is -3.13. The number of halogens is 3. The van der Waals surface area contributed by atoms with E-state index in [2.05, 4.69) is 4.99 Å². The summed E-state index contributed by atoms with van der Waals surface area (Å²) < 4.78 is 37.3. The van der Waals surface area contributed by atoms with E-state index in [4.69, 9.17) is 23.2 Å². The number of fused-ring (bicyclic) bond motifs is 1. The zero-order valence-electron chi connectivity index (χ0n) is 14.0. The van der Waals surface area contributed by atoms with Crippen LogP contribution >= 0.6 is 35.0 Å². The van der Waals surface area contributed by atoms with E-state index in [1.807, 2.05) is 4.90 Å². The van der Waals surface area contributed by atoms with Gasteiger partial charge in [-0.25, -0.2) is 12.8 Å². The van der Waals surface area contributed by atoms with Gasteiger partial charge in [0.1, 0.15) is 5.82 Å². The first-order valence-electron chi connectivity index (χ1n) is 8.21. The van der Waals surface area contributed by atoms with Gasteiger partial charge < -0.3 is 4.90 Å². The van der Waals surface area contributed by atoms with Crippen molar-refractivity contribution < 1.29 is 12.8 Å². The van der Waals surface area contributed by atoms with Gasteiger partial charge in [-0.1, -0.05) is 47.1 Å². The summed E-state index contributed by atoms with van der Waals surface area (Å²) in [6, 6.07) is 10.9. The van der Waals surface area contributed by atoms with E-state index in [1.165, 1.54) is 23.9 Å². The lowest BCUT2D eigenvalue weighted by molar-refractivity contribution is 0.601. The van der Waals surface area contributed by atoms with Crippen molar-refractivity contribution in [2.45, 2.75) is 17.8 Å². The van der Waals surface area contributed by atoms with Crippen LogP contribution in [-0.2, 0) is 15.6 Å². The Morgan fingerprint density at radius 3 is 2.44 bits per heavy atom.